The molecule has 2 N–H and O–H groups in total. The predicted molar refractivity (Wildman–Crippen MR) is 127 cm³/mol. The molecule has 4 aromatic rings. The number of hydrogen-bond acceptors (Lipinski definition) is 7. The molecular formula is C24H25N7O3. The number of ether oxygens (including phenoxy) is 1. The molecule has 1 aliphatic heterocycles. The van der Waals surface area contributed by atoms with Crippen LogP contribution in [0.25, 0.3) is 22.2 Å². The third-order valence-corrected chi connectivity index (χ3v) is 5.91. The molecule has 0 aromatic carbocycles. The number of aromatic nitrogens is 5. The Labute approximate surface area is 195 Å². The van der Waals surface area contributed by atoms with Crippen LogP contribution in [0.2, 0.25) is 0 Å². The van der Waals surface area contributed by atoms with Crippen LogP contribution >= 0.6 is 0 Å². The molecule has 10 nitrogen and oxygen atoms in total. The summed E-state index contributed by atoms with van der Waals surface area (Å²) >= 11 is 0. The summed E-state index contributed by atoms with van der Waals surface area (Å²) < 4.78 is 6.87. The van der Waals surface area contributed by atoms with Gasteiger partial charge < -0.3 is 19.7 Å². The summed E-state index contributed by atoms with van der Waals surface area (Å²) in [6.07, 6.45) is 6.95. The van der Waals surface area contributed by atoms with Gasteiger partial charge in [-0.1, -0.05) is 0 Å². The Morgan fingerprint density at radius 3 is 2.88 bits per heavy atom. The number of fused-ring (bicyclic) bond motifs is 1. The van der Waals surface area contributed by atoms with Crippen molar-refractivity contribution < 1.29 is 14.6 Å². The van der Waals surface area contributed by atoms with E-state index in [1.807, 2.05) is 26.0 Å². The maximum Gasteiger partial charge on any atom is 0.244 e. The van der Waals surface area contributed by atoms with E-state index < -0.39 is 0 Å². The number of H-pyrrole nitrogens is 1. The highest BCUT2D eigenvalue weighted by atomic mass is 16.5. The fourth-order valence-electron chi connectivity index (χ4n) is 4.10. The van der Waals surface area contributed by atoms with Crippen molar-refractivity contribution in [3.63, 3.8) is 0 Å². The van der Waals surface area contributed by atoms with Gasteiger partial charge in [0.2, 0.25) is 5.91 Å². The first-order chi connectivity index (χ1) is 16.5. The fourth-order valence-corrected chi connectivity index (χ4v) is 4.10. The van der Waals surface area contributed by atoms with Gasteiger partial charge in [0.25, 0.3) is 0 Å². The second-order valence-electron chi connectivity index (χ2n) is 8.22. The lowest BCUT2D eigenvalue weighted by atomic mass is 10.0. The van der Waals surface area contributed by atoms with Gasteiger partial charge in [0.1, 0.15) is 6.54 Å². The van der Waals surface area contributed by atoms with Crippen molar-refractivity contribution in [1.82, 2.24) is 29.6 Å². The lowest BCUT2D eigenvalue weighted by Gasteiger charge is -2.26. The first-order valence-electron chi connectivity index (χ1n) is 11.1. The SMILES string of the molecule is CC(=Nc1ccn(CC(=O)N2CCOCC2)n1)c1c(O)[nH]c2cnc(-c3cnccc3C)cc12. The summed E-state index contributed by atoms with van der Waals surface area (Å²) in [4.78, 5) is 30.5. The Balaban J connectivity index is 1.42. The van der Waals surface area contributed by atoms with E-state index in [-0.39, 0.29) is 18.3 Å². The molecule has 0 unspecified atom stereocenters. The van der Waals surface area contributed by atoms with Gasteiger partial charge in [-0.05, 0) is 31.5 Å². The second-order valence-corrected chi connectivity index (χ2v) is 8.22. The first kappa shape index (κ1) is 21.8. The molecule has 0 spiro atoms. The molecule has 1 fully saturated rings. The third kappa shape index (κ3) is 4.27. The van der Waals surface area contributed by atoms with Crippen molar-refractivity contribution in [2.24, 2.45) is 4.99 Å². The number of nitrogens with zero attached hydrogens (tertiary/aromatic N) is 6. The molecule has 5 heterocycles. The van der Waals surface area contributed by atoms with Crippen LogP contribution in [0, 0.1) is 6.92 Å². The zero-order valence-corrected chi connectivity index (χ0v) is 19.0. The molecule has 1 saturated heterocycles. The van der Waals surface area contributed by atoms with Crippen LogP contribution < -0.4 is 0 Å². The number of carbonyl (C=O) groups is 1. The predicted octanol–water partition coefficient (Wildman–Crippen LogP) is 2.83. The van der Waals surface area contributed by atoms with Crippen LogP contribution in [0.4, 0.5) is 5.82 Å². The number of aromatic amines is 1. The van der Waals surface area contributed by atoms with E-state index in [1.54, 1.807) is 40.4 Å². The minimum absolute atomic E-state index is 0.00125. The maximum absolute atomic E-state index is 12.5. The first-order valence-corrected chi connectivity index (χ1v) is 11.1. The van der Waals surface area contributed by atoms with E-state index in [9.17, 15) is 9.90 Å². The third-order valence-electron chi connectivity index (χ3n) is 5.91. The standard InChI is InChI=1S/C24H25N7O3/c1-15-3-5-25-12-18(15)19-11-17-20(13-26-19)28-24(33)23(17)16(2)27-21-4-6-31(29-21)14-22(32)30-7-9-34-10-8-30/h3-6,11-13,28,33H,7-10,14H2,1-2H3. The van der Waals surface area contributed by atoms with Gasteiger partial charge >= 0.3 is 0 Å². The van der Waals surface area contributed by atoms with E-state index in [1.165, 1.54) is 0 Å². The highest BCUT2D eigenvalue weighted by Crippen LogP contribution is 2.31. The van der Waals surface area contributed by atoms with Crippen molar-refractivity contribution in [3.8, 4) is 17.1 Å². The van der Waals surface area contributed by atoms with E-state index in [0.717, 1.165) is 22.2 Å². The van der Waals surface area contributed by atoms with Crippen LogP contribution in [0.3, 0.4) is 0 Å². The number of morpholine rings is 1. The van der Waals surface area contributed by atoms with Gasteiger partial charge in [0.05, 0.1) is 41.9 Å². The largest absolute Gasteiger partial charge is 0.494 e. The maximum atomic E-state index is 12.5. The van der Waals surface area contributed by atoms with Crippen LogP contribution in [-0.4, -0.2) is 72.7 Å². The lowest BCUT2D eigenvalue weighted by Crippen LogP contribution is -2.42. The Bertz CT molecular complexity index is 1380. The van der Waals surface area contributed by atoms with Crippen LogP contribution in [0.15, 0.2) is 48.0 Å². The molecule has 0 saturated carbocycles. The number of pyridine rings is 2. The molecule has 4 aromatic heterocycles. The minimum Gasteiger partial charge on any atom is -0.494 e. The van der Waals surface area contributed by atoms with Crippen molar-refractivity contribution in [1.29, 1.82) is 0 Å². The Hall–Kier alpha value is -4.05. The molecule has 10 heteroatoms. The van der Waals surface area contributed by atoms with Gasteiger partial charge in [-0.3, -0.25) is 19.4 Å². The second kappa shape index (κ2) is 9.06. The highest BCUT2D eigenvalue weighted by Gasteiger charge is 2.18. The average Bonchev–Trinajstić information content (AvgIpc) is 3.42. The number of carbonyl (C=O) groups excluding carboxylic acids is 1. The molecule has 34 heavy (non-hydrogen) atoms. The van der Waals surface area contributed by atoms with Gasteiger partial charge in [-0.15, -0.1) is 0 Å². The van der Waals surface area contributed by atoms with E-state index in [0.29, 0.717) is 48.9 Å². The number of aliphatic imine (C=N–C) groups is 1. The van der Waals surface area contributed by atoms with Crippen molar-refractivity contribution in [3.05, 3.63) is 54.1 Å². The van der Waals surface area contributed by atoms with E-state index in [2.05, 4.69) is 25.0 Å². The van der Waals surface area contributed by atoms with E-state index >= 15 is 0 Å². The monoisotopic (exact) mass is 459 g/mol. The van der Waals surface area contributed by atoms with Crippen LogP contribution in [-0.2, 0) is 16.1 Å². The summed E-state index contributed by atoms with van der Waals surface area (Å²) in [7, 11) is 0. The van der Waals surface area contributed by atoms with Gasteiger partial charge in [-0.2, -0.15) is 5.10 Å². The summed E-state index contributed by atoms with van der Waals surface area (Å²) in [5.74, 6) is 0.470. The Kier molecular flexibility index (Phi) is 5.81. The molecular weight excluding hydrogens is 434 g/mol. The van der Waals surface area contributed by atoms with Crippen molar-refractivity contribution in [2.75, 3.05) is 26.3 Å². The molecule has 5 rings (SSSR count). The van der Waals surface area contributed by atoms with Crippen molar-refractivity contribution >= 4 is 28.3 Å². The van der Waals surface area contributed by atoms with Crippen molar-refractivity contribution in [2.45, 2.75) is 20.4 Å². The topological polar surface area (TPSA) is 122 Å². The van der Waals surface area contributed by atoms with E-state index in [4.69, 9.17) is 4.74 Å². The summed E-state index contributed by atoms with van der Waals surface area (Å²) in [6.45, 7) is 6.28. The van der Waals surface area contributed by atoms with Gasteiger partial charge in [0.15, 0.2) is 11.7 Å². The number of rotatable bonds is 5. The molecule has 0 atom stereocenters. The number of nitrogens with one attached hydrogen (secondary N) is 1. The number of amides is 1. The lowest BCUT2D eigenvalue weighted by molar-refractivity contribution is -0.136. The highest BCUT2D eigenvalue weighted by molar-refractivity contribution is 6.13. The number of hydrogen-bond donors (Lipinski definition) is 2. The normalized spacial score (nSPS) is 14.6. The molecule has 174 valence electrons. The Morgan fingerprint density at radius 2 is 2.09 bits per heavy atom. The number of aromatic hydroxyl groups is 1. The van der Waals surface area contributed by atoms with Gasteiger partial charge in [0, 0.05) is 48.7 Å². The molecule has 0 bridgehead atoms. The molecule has 1 aliphatic rings. The van der Waals surface area contributed by atoms with Crippen LogP contribution in [0.5, 0.6) is 5.88 Å². The molecule has 0 radical (unpaired) electrons. The fraction of sp³-hybridized carbons (Fsp3) is 0.292. The average molecular weight is 460 g/mol. The quantitative estimate of drug-likeness (QED) is 0.443. The summed E-state index contributed by atoms with van der Waals surface area (Å²) in [5.41, 5.74) is 4.62. The smallest absolute Gasteiger partial charge is 0.244 e. The Morgan fingerprint density at radius 1 is 1.26 bits per heavy atom. The van der Waals surface area contributed by atoms with Gasteiger partial charge in [-0.25, -0.2) is 4.99 Å². The number of aryl methyl sites for hydroxylation is 1. The summed E-state index contributed by atoms with van der Waals surface area (Å²) in [6, 6.07) is 5.60. The molecule has 1 amide bonds. The minimum atomic E-state index is -0.00125. The zero-order chi connectivity index (χ0) is 23.7. The zero-order valence-electron chi connectivity index (χ0n) is 19.0. The summed E-state index contributed by atoms with van der Waals surface area (Å²) in [5, 5.41) is 15.8. The van der Waals surface area contributed by atoms with Crippen LogP contribution in [0.1, 0.15) is 18.1 Å². The molecule has 0 aliphatic carbocycles.